The zero-order valence-electron chi connectivity index (χ0n) is 16.4. The molecule has 0 unspecified atom stereocenters. The van der Waals surface area contributed by atoms with Crippen molar-refractivity contribution in [1.29, 1.82) is 0 Å². The van der Waals surface area contributed by atoms with Gasteiger partial charge in [0.05, 0.1) is 11.0 Å². The quantitative estimate of drug-likeness (QED) is 0.668. The summed E-state index contributed by atoms with van der Waals surface area (Å²) in [6, 6.07) is 14.7. The van der Waals surface area contributed by atoms with Gasteiger partial charge in [-0.3, -0.25) is 19.0 Å². The van der Waals surface area contributed by atoms with Crippen LogP contribution in [0, 0.1) is 5.92 Å². The first-order valence-electron chi connectivity index (χ1n) is 9.88. The second-order valence-electron chi connectivity index (χ2n) is 7.63. The Morgan fingerprint density at radius 3 is 2.48 bits per heavy atom. The van der Waals surface area contributed by atoms with Gasteiger partial charge < -0.3 is 15.2 Å². The first-order chi connectivity index (χ1) is 14.0. The number of rotatable bonds is 4. The van der Waals surface area contributed by atoms with Crippen LogP contribution >= 0.6 is 0 Å². The number of carbonyl (C=O) groups excluding carboxylic acids is 1. The van der Waals surface area contributed by atoms with Crippen LogP contribution in [0.15, 0.2) is 58.1 Å². The smallest absolute Gasteiger partial charge is 0.317 e. The van der Waals surface area contributed by atoms with Gasteiger partial charge in [-0.25, -0.2) is 0 Å². The number of piperidine rings is 1. The largest absolute Gasteiger partial charge is 0.372 e. The molecule has 4 rings (SSSR count). The number of hydrogen-bond donors (Lipinski definition) is 2. The van der Waals surface area contributed by atoms with E-state index in [1.165, 1.54) is 17.4 Å². The highest BCUT2D eigenvalue weighted by atomic mass is 16.2. The molecule has 0 spiro atoms. The molecule has 0 aliphatic carbocycles. The fraction of sp³-hybridized carbons (Fsp3) is 0.318. The topological polar surface area (TPSA) is 87.2 Å². The summed E-state index contributed by atoms with van der Waals surface area (Å²) in [6.45, 7) is 4.15. The minimum absolute atomic E-state index is 0.227. The number of aromatic amines is 1. The highest BCUT2D eigenvalue weighted by molar-refractivity contribution is 5.91. The highest BCUT2D eigenvalue weighted by Gasteiger charge is 2.16. The molecule has 2 aromatic carbocycles. The van der Waals surface area contributed by atoms with Crippen LogP contribution in [0.3, 0.4) is 0 Å². The standard InChI is InChI=1S/C22H24N4O3/c1-15-10-12-25(13-11-15)17-8-6-16(7-9-17)23-20(27)14-26-19-5-3-2-4-18(19)24-21(28)22(26)29/h2-9,15H,10-14H2,1H3,(H,23,27)(H,24,28). The summed E-state index contributed by atoms with van der Waals surface area (Å²) in [5.74, 6) is 0.414. The number of nitrogens with one attached hydrogen (secondary N) is 2. The van der Waals surface area contributed by atoms with Gasteiger partial charge in [-0.05, 0) is 55.2 Å². The number of aromatic nitrogens is 2. The molecule has 0 atom stereocenters. The van der Waals surface area contributed by atoms with E-state index in [4.69, 9.17) is 0 Å². The van der Waals surface area contributed by atoms with Gasteiger partial charge in [0.15, 0.2) is 0 Å². The maximum atomic E-state index is 12.5. The average molecular weight is 392 g/mol. The molecule has 1 saturated heterocycles. The molecule has 2 heterocycles. The summed E-state index contributed by atoms with van der Waals surface area (Å²) < 4.78 is 1.20. The van der Waals surface area contributed by atoms with E-state index in [9.17, 15) is 14.4 Å². The number of para-hydroxylation sites is 2. The lowest BCUT2D eigenvalue weighted by Gasteiger charge is -2.32. The Hall–Kier alpha value is -3.35. The third kappa shape index (κ3) is 4.08. The first-order valence-corrected chi connectivity index (χ1v) is 9.88. The molecule has 1 amide bonds. The molecular weight excluding hydrogens is 368 g/mol. The van der Waals surface area contributed by atoms with Crippen LogP contribution in [0.4, 0.5) is 11.4 Å². The molecule has 1 aromatic heterocycles. The Labute approximate surface area is 168 Å². The fourth-order valence-electron chi connectivity index (χ4n) is 3.75. The molecule has 0 bridgehead atoms. The van der Waals surface area contributed by atoms with E-state index in [1.54, 1.807) is 24.3 Å². The summed E-state index contributed by atoms with van der Waals surface area (Å²) in [4.78, 5) is 41.5. The molecule has 0 radical (unpaired) electrons. The van der Waals surface area contributed by atoms with Crippen LogP contribution < -0.4 is 21.3 Å². The normalized spacial score (nSPS) is 14.9. The second kappa shape index (κ2) is 7.95. The van der Waals surface area contributed by atoms with E-state index in [0.717, 1.165) is 24.7 Å². The number of anilines is 2. The third-order valence-corrected chi connectivity index (χ3v) is 5.48. The van der Waals surface area contributed by atoms with Crippen molar-refractivity contribution in [2.45, 2.75) is 26.3 Å². The monoisotopic (exact) mass is 392 g/mol. The van der Waals surface area contributed by atoms with Gasteiger partial charge in [-0.2, -0.15) is 0 Å². The van der Waals surface area contributed by atoms with Gasteiger partial charge in [0.25, 0.3) is 0 Å². The Morgan fingerprint density at radius 1 is 1.07 bits per heavy atom. The Bertz CT molecular complexity index is 1140. The van der Waals surface area contributed by atoms with Crippen LogP contribution in [-0.2, 0) is 11.3 Å². The zero-order chi connectivity index (χ0) is 20.4. The van der Waals surface area contributed by atoms with Gasteiger partial charge in [-0.15, -0.1) is 0 Å². The van der Waals surface area contributed by atoms with Crippen LogP contribution in [0.1, 0.15) is 19.8 Å². The number of hydrogen-bond acceptors (Lipinski definition) is 4. The molecule has 1 aliphatic heterocycles. The first kappa shape index (κ1) is 19.0. The van der Waals surface area contributed by atoms with E-state index in [2.05, 4.69) is 22.1 Å². The number of benzene rings is 2. The molecular formula is C22H24N4O3. The van der Waals surface area contributed by atoms with Crippen LogP contribution in [0.25, 0.3) is 11.0 Å². The van der Waals surface area contributed by atoms with Crippen LogP contribution in [0.5, 0.6) is 0 Å². The molecule has 3 aromatic rings. The average Bonchev–Trinajstić information content (AvgIpc) is 2.72. The summed E-state index contributed by atoms with van der Waals surface area (Å²) in [5.41, 5.74) is 1.36. The predicted octanol–water partition coefficient (Wildman–Crippen LogP) is 2.56. The Balaban J connectivity index is 1.48. The summed E-state index contributed by atoms with van der Waals surface area (Å²) in [5, 5.41) is 2.81. The summed E-state index contributed by atoms with van der Waals surface area (Å²) >= 11 is 0. The number of fused-ring (bicyclic) bond motifs is 1. The molecule has 29 heavy (non-hydrogen) atoms. The van der Waals surface area contributed by atoms with Crippen molar-refractivity contribution < 1.29 is 4.79 Å². The molecule has 1 aliphatic rings. The molecule has 150 valence electrons. The van der Waals surface area contributed by atoms with E-state index in [0.29, 0.717) is 16.7 Å². The minimum Gasteiger partial charge on any atom is -0.372 e. The third-order valence-electron chi connectivity index (χ3n) is 5.48. The highest BCUT2D eigenvalue weighted by Crippen LogP contribution is 2.24. The van der Waals surface area contributed by atoms with Gasteiger partial charge in [0.2, 0.25) is 5.91 Å². The SMILES string of the molecule is CC1CCN(c2ccc(NC(=O)Cn3c(=O)c(=O)[nH]c4ccccc43)cc2)CC1. The van der Waals surface area contributed by atoms with E-state index < -0.39 is 11.1 Å². The Kier molecular flexibility index (Phi) is 5.20. The van der Waals surface area contributed by atoms with Gasteiger partial charge in [0.1, 0.15) is 6.54 Å². The van der Waals surface area contributed by atoms with Crippen molar-refractivity contribution in [2.24, 2.45) is 5.92 Å². The molecule has 1 fully saturated rings. The zero-order valence-corrected chi connectivity index (χ0v) is 16.4. The van der Waals surface area contributed by atoms with Crippen molar-refractivity contribution in [3.05, 3.63) is 69.2 Å². The fourth-order valence-corrected chi connectivity index (χ4v) is 3.75. The van der Waals surface area contributed by atoms with Gasteiger partial charge in [0, 0.05) is 24.5 Å². The lowest BCUT2D eigenvalue weighted by Crippen LogP contribution is -2.38. The molecule has 0 saturated carbocycles. The van der Waals surface area contributed by atoms with Crippen molar-refractivity contribution in [3.63, 3.8) is 0 Å². The van der Waals surface area contributed by atoms with Crippen LogP contribution in [-0.4, -0.2) is 28.5 Å². The lowest BCUT2D eigenvalue weighted by atomic mass is 9.99. The minimum atomic E-state index is -0.742. The van der Waals surface area contributed by atoms with Crippen molar-refractivity contribution in [1.82, 2.24) is 9.55 Å². The second-order valence-corrected chi connectivity index (χ2v) is 7.63. The van der Waals surface area contributed by atoms with Gasteiger partial charge >= 0.3 is 11.1 Å². The van der Waals surface area contributed by atoms with Crippen molar-refractivity contribution >= 4 is 28.3 Å². The number of H-pyrrole nitrogens is 1. The molecule has 2 N–H and O–H groups in total. The molecule has 7 nitrogen and oxygen atoms in total. The van der Waals surface area contributed by atoms with Gasteiger partial charge in [-0.1, -0.05) is 19.1 Å². The maximum absolute atomic E-state index is 12.5. The number of amides is 1. The maximum Gasteiger partial charge on any atom is 0.317 e. The predicted molar refractivity (Wildman–Crippen MR) is 115 cm³/mol. The number of carbonyl (C=O) groups is 1. The molecule has 7 heteroatoms. The summed E-state index contributed by atoms with van der Waals surface area (Å²) in [7, 11) is 0. The van der Waals surface area contributed by atoms with Crippen molar-refractivity contribution in [2.75, 3.05) is 23.3 Å². The van der Waals surface area contributed by atoms with Crippen LogP contribution in [0.2, 0.25) is 0 Å². The lowest BCUT2D eigenvalue weighted by molar-refractivity contribution is -0.116. The van der Waals surface area contributed by atoms with Crippen molar-refractivity contribution in [3.8, 4) is 0 Å². The summed E-state index contributed by atoms with van der Waals surface area (Å²) in [6.07, 6.45) is 2.38. The van der Waals surface area contributed by atoms with E-state index >= 15 is 0 Å². The number of nitrogens with zero attached hydrogens (tertiary/aromatic N) is 2. The Morgan fingerprint density at radius 2 is 1.76 bits per heavy atom. The van der Waals surface area contributed by atoms with E-state index in [-0.39, 0.29) is 12.5 Å². The van der Waals surface area contributed by atoms with E-state index in [1.807, 2.05) is 24.3 Å².